The molecule has 1 aliphatic rings. The Kier molecular flexibility index (Phi) is 2.68. The van der Waals surface area contributed by atoms with Crippen LogP contribution >= 0.6 is 0 Å². The fraction of sp³-hybridized carbons (Fsp3) is 0.333. The monoisotopic (exact) mass is 204 g/mol. The molecule has 0 bridgehead atoms. The summed E-state index contributed by atoms with van der Waals surface area (Å²) >= 11 is 0. The number of hydrogen-bond acceptors (Lipinski definition) is 3. The van der Waals surface area contributed by atoms with Crippen molar-refractivity contribution in [1.29, 1.82) is 0 Å². The van der Waals surface area contributed by atoms with Crippen LogP contribution in [0.2, 0.25) is 0 Å². The van der Waals surface area contributed by atoms with Crippen molar-refractivity contribution >= 4 is 0 Å². The third kappa shape index (κ3) is 1.84. The number of terminal acetylenes is 1. The first-order chi connectivity index (χ1) is 7.35. The largest absolute Gasteiger partial charge is 0.493 e. The molecule has 3 nitrogen and oxygen atoms in total. The summed E-state index contributed by atoms with van der Waals surface area (Å²) in [5, 5.41) is 0. The van der Waals surface area contributed by atoms with Gasteiger partial charge < -0.3 is 14.2 Å². The summed E-state index contributed by atoms with van der Waals surface area (Å²) < 4.78 is 16.2. The zero-order chi connectivity index (χ0) is 10.7. The lowest BCUT2D eigenvalue weighted by atomic mass is 10.1. The summed E-state index contributed by atoms with van der Waals surface area (Å²) in [5.41, 5.74) is 0.999. The van der Waals surface area contributed by atoms with E-state index in [0.29, 0.717) is 36.9 Å². The van der Waals surface area contributed by atoms with Crippen molar-refractivity contribution in [2.24, 2.45) is 0 Å². The Morgan fingerprint density at radius 2 is 2.20 bits per heavy atom. The van der Waals surface area contributed by atoms with Crippen molar-refractivity contribution < 1.29 is 14.2 Å². The number of ether oxygens (including phenoxy) is 3. The molecule has 0 unspecified atom stereocenters. The maximum Gasteiger partial charge on any atom is 0.203 e. The maximum absolute atomic E-state index is 5.48. The Morgan fingerprint density at radius 1 is 1.40 bits per heavy atom. The number of rotatable bonds is 2. The summed E-state index contributed by atoms with van der Waals surface area (Å²) in [4.78, 5) is 0. The van der Waals surface area contributed by atoms with E-state index in [2.05, 4.69) is 5.92 Å². The molecule has 0 fully saturated rings. The third-order valence-electron chi connectivity index (χ3n) is 2.19. The highest BCUT2D eigenvalue weighted by Crippen LogP contribution is 2.40. The van der Waals surface area contributed by atoms with Crippen molar-refractivity contribution in [3.05, 3.63) is 17.7 Å². The van der Waals surface area contributed by atoms with Gasteiger partial charge in [-0.25, -0.2) is 0 Å². The van der Waals surface area contributed by atoms with Gasteiger partial charge in [-0.2, -0.15) is 0 Å². The highest BCUT2D eigenvalue weighted by Gasteiger charge is 2.17. The van der Waals surface area contributed by atoms with Crippen LogP contribution in [0.1, 0.15) is 5.56 Å². The highest BCUT2D eigenvalue weighted by atomic mass is 16.6. The smallest absolute Gasteiger partial charge is 0.203 e. The van der Waals surface area contributed by atoms with Crippen LogP contribution in [-0.2, 0) is 6.42 Å². The molecule has 0 spiro atoms. The summed E-state index contributed by atoms with van der Waals surface area (Å²) in [6.07, 6.45) is 5.83. The van der Waals surface area contributed by atoms with Crippen LogP contribution in [-0.4, -0.2) is 20.3 Å². The van der Waals surface area contributed by atoms with E-state index in [9.17, 15) is 0 Å². The molecule has 0 aromatic heterocycles. The van der Waals surface area contributed by atoms with Gasteiger partial charge in [0.25, 0.3) is 0 Å². The normalized spacial score (nSPS) is 13.1. The molecule has 0 saturated heterocycles. The van der Waals surface area contributed by atoms with E-state index in [1.807, 2.05) is 12.1 Å². The molecule has 0 atom stereocenters. The van der Waals surface area contributed by atoms with Crippen molar-refractivity contribution in [2.75, 3.05) is 20.3 Å². The van der Waals surface area contributed by atoms with Gasteiger partial charge in [-0.3, -0.25) is 0 Å². The molecule has 1 aliphatic heterocycles. The van der Waals surface area contributed by atoms with Crippen molar-refractivity contribution in [3.63, 3.8) is 0 Å². The lowest BCUT2D eigenvalue weighted by Crippen LogP contribution is -2.16. The van der Waals surface area contributed by atoms with E-state index in [0.717, 1.165) is 5.56 Å². The number of benzene rings is 1. The summed E-state index contributed by atoms with van der Waals surface area (Å²) in [6, 6.07) is 3.78. The van der Waals surface area contributed by atoms with E-state index in [1.165, 1.54) is 0 Å². The Labute approximate surface area is 89.0 Å². The van der Waals surface area contributed by atoms with E-state index < -0.39 is 0 Å². The number of hydrogen-bond donors (Lipinski definition) is 0. The molecule has 0 saturated carbocycles. The Morgan fingerprint density at radius 3 is 2.93 bits per heavy atom. The molecular weight excluding hydrogens is 192 g/mol. The molecule has 1 aromatic rings. The molecule has 0 aliphatic carbocycles. The maximum atomic E-state index is 5.48. The lowest BCUT2D eigenvalue weighted by Gasteiger charge is -2.21. The van der Waals surface area contributed by atoms with Gasteiger partial charge in [-0.15, -0.1) is 12.3 Å². The van der Waals surface area contributed by atoms with E-state index in [1.54, 1.807) is 7.11 Å². The van der Waals surface area contributed by atoms with Gasteiger partial charge in [-0.1, -0.05) is 0 Å². The fourth-order valence-corrected chi connectivity index (χ4v) is 1.55. The SMILES string of the molecule is C#CCc1cc(OC)c2c(c1)OCCO2. The quantitative estimate of drug-likeness (QED) is 0.685. The summed E-state index contributed by atoms with van der Waals surface area (Å²) in [6.45, 7) is 1.12. The van der Waals surface area contributed by atoms with Crippen LogP contribution < -0.4 is 14.2 Å². The zero-order valence-electron chi connectivity index (χ0n) is 8.58. The van der Waals surface area contributed by atoms with Gasteiger partial charge in [-0.05, 0) is 17.7 Å². The number of methoxy groups -OCH3 is 1. The van der Waals surface area contributed by atoms with Crippen molar-refractivity contribution in [1.82, 2.24) is 0 Å². The van der Waals surface area contributed by atoms with Crippen LogP contribution in [0, 0.1) is 12.3 Å². The lowest BCUT2D eigenvalue weighted by molar-refractivity contribution is 0.165. The highest BCUT2D eigenvalue weighted by molar-refractivity contribution is 5.54. The van der Waals surface area contributed by atoms with Gasteiger partial charge >= 0.3 is 0 Å². The minimum atomic E-state index is 0.553. The Hall–Kier alpha value is -1.82. The van der Waals surface area contributed by atoms with E-state index in [-0.39, 0.29) is 0 Å². The fourth-order valence-electron chi connectivity index (χ4n) is 1.55. The van der Waals surface area contributed by atoms with Gasteiger partial charge in [0.1, 0.15) is 13.2 Å². The first-order valence-corrected chi connectivity index (χ1v) is 4.75. The Balaban J connectivity index is 2.44. The average Bonchev–Trinajstić information content (AvgIpc) is 2.28. The van der Waals surface area contributed by atoms with Gasteiger partial charge in [0.2, 0.25) is 5.75 Å². The first-order valence-electron chi connectivity index (χ1n) is 4.75. The Bertz CT molecular complexity index is 387. The van der Waals surface area contributed by atoms with Gasteiger partial charge in [0, 0.05) is 6.42 Å². The van der Waals surface area contributed by atoms with E-state index in [4.69, 9.17) is 20.6 Å². The summed E-state index contributed by atoms with van der Waals surface area (Å²) in [5.74, 6) is 4.65. The molecule has 0 radical (unpaired) electrons. The van der Waals surface area contributed by atoms with Crippen LogP contribution in [0.5, 0.6) is 17.2 Å². The topological polar surface area (TPSA) is 27.7 Å². The van der Waals surface area contributed by atoms with Gasteiger partial charge in [0.15, 0.2) is 11.5 Å². The van der Waals surface area contributed by atoms with Crippen molar-refractivity contribution in [2.45, 2.75) is 6.42 Å². The van der Waals surface area contributed by atoms with E-state index >= 15 is 0 Å². The molecular formula is C12H12O3. The molecule has 0 amide bonds. The number of fused-ring (bicyclic) bond motifs is 1. The second-order valence-electron chi connectivity index (χ2n) is 3.20. The molecule has 0 N–H and O–H groups in total. The van der Waals surface area contributed by atoms with Crippen LogP contribution in [0.25, 0.3) is 0 Å². The van der Waals surface area contributed by atoms with Crippen LogP contribution in [0.4, 0.5) is 0 Å². The second kappa shape index (κ2) is 4.14. The standard InChI is InChI=1S/C12H12O3/c1-3-4-9-7-10(13-2)12-11(8-9)14-5-6-15-12/h1,7-8H,4-6H2,2H3. The average molecular weight is 204 g/mol. The first kappa shape index (κ1) is 9.72. The molecule has 15 heavy (non-hydrogen) atoms. The summed E-state index contributed by atoms with van der Waals surface area (Å²) in [7, 11) is 1.60. The van der Waals surface area contributed by atoms with Crippen LogP contribution in [0.15, 0.2) is 12.1 Å². The predicted molar refractivity (Wildman–Crippen MR) is 56.5 cm³/mol. The second-order valence-corrected chi connectivity index (χ2v) is 3.20. The minimum absolute atomic E-state index is 0.553. The predicted octanol–water partition coefficient (Wildman–Crippen LogP) is 1.64. The van der Waals surface area contributed by atoms with Gasteiger partial charge in [0.05, 0.1) is 7.11 Å². The third-order valence-corrected chi connectivity index (χ3v) is 2.19. The van der Waals surface area contributed by atoms with Crippen LogP contribution in [0.3, 0.4) is 0 Å². The van der Waals surface area contributed by atoms with Crippen molar-refractivity contribution in [3.8, 4) is 29.6 Å². The zero-order valence-corrected chi connectivity index (χ0v) is 8.58. The molecule has 78 valence electrons. The molecule has 1 heterocycles. The minimum Gasteiger partial charge on any atom is -0.493 e. The molecule has 3 heteroatoms. The molecule has 2 rings (SSSR count). The molecule has 1 aromatic carbocycles.